The lowest BCUT2D eigenvalue weighted by atomic mass is 10.2. The number of aryl methyl sites for hydroxylation is 1. The van der Waals surface area contributed by atoms with Crippen LogP contribution < -0.4 is 5.32 Å². The van der Waals surface area contributed by atoms with Gasteiger partial charge in [-0.15, -0.1) is 0 Å². The summed E-state index contributed by atoms with van der Waals surface area (Å²) in [6.45, 7) is 5.87. The maximum absolute atomic E-state index is 13.1. The molecule has 0 bridgehead atoms. The van der Waals surface area contributed by atoms with Crippen molar-refractivity contribution in [2.24, 2.45) is 0 Å². The lowest BCUT2D eigenvalue weighted by Crippen LogP contribution is -2.03. The third-order valence-electron chi connectivity index (χ3n) is 1.74. The van der Waals surface area contributed by atoms with E-state index in [4.69, 9.17) is 11.6 Å². The van der Waals surface area contributed by atoms with Crippen LogP contribution in [0.25, 0.3) is 0 Å². The Hall–Kier alpha value is -0.540. The van der Waals surface area contributed by atoms with Gasteiger partial charge in [-0.05, 0) is 40.5 Å². The van der Waals surface area contributed by atoms with Gasteiger partial charge in [0.05, 0.1) is 11.0 Å². The average molecular weight is 279 g/mol. The van der Waals surface area contributed by atoms with Crippen LogP contribution in [0.15, 0.2) is 28.2 Å². The standard InChI is InChI=1S/C10H10BrClFN/c1-6-3-8(11)9(13)4-10(6)14-5-7(2)12/h3-4,14H,2,5H2,1H3. The second kappa shape index (κ2) is 4.80. The highest BCUT2D eigenvalue weighted by Gasteiger charge is 2.04. The van der Waals surface area contributed by atoms with Gasteiger partial charge in [0, 0.05) is 10.7 Å². The van der Waals surface area contributed by atoms with Gasteiger partial charge in [-0.1, -0.05) is 18.2 Å². The molecule has 0 aliphatic heterocycles. The Balaban J connectivity index is 2.87. The van der Waals surface area contributed by atoms with E-state index in [1.807, 2.05) is 6.92 Å². The van der Waals surface area contributed by atoms with E-state index < -0.39 is 0 Å². The molecule has 0 unspecified atom stereocenters. The van der Waals surface area contributed by atoms with Crippen molar-refractivity contribution in [1.82, 2.24) is 0 Å². The van der Waals surface area contributed by atoms with Gasteiger partial charge in [-0.25, -0.2) is 4.39 Å². The van der Waals surface area contributed by atoms with Gasteiger partial charge < -0.3 is 5.32 Å². The number of hydrogen-bond acceptors (Lipinski definition) is 1. The molecular weight excluding hydrogens is 268 g/mol. The molecule has 1 nitrogen and oxygen atoms in total. The highest BCUT2D eigenvalue weighted by molar-refractivity contribution is 9.10. The molecule has 0 aliphatic carbocycles. The smallest absolute Gasteiger partial charge is 0.139 e. The number of rotatable bonds is 3. The Labute approximate surface area is 96.1 Å². The predicted molar refractivity (Wildman–Crippen MR) is 62.3 cm³/mol. The predicted octanol–water partition coefficient (Wildman–Crippen LogP) is 4.06. The van der Waals surface area contributed by atoms with Crippen molar-refractivity contribution in [3.8, 4) is 0 Å². The van der Waals surface area contributed by atoms with E-state index in [0.29, 0.717) is 16.0 Å². The maximum Gasteiger partial charge on any atom is 0.139 e. The molecule has 1 aromatic rings. The van der Waals surface area contributed by atoms with Gasteiger partial charge in [-0.3, -0.25) is 0 Å². The fourth-order valence-corrected chi connectivity index (χ4v) is 1.55. The van der Waals surface area contributed by atoms with Crippen molar-refractivity contribution in [3.05, 3.63) is 39.6 Å². The van der Waals surface area contributed by atoms with E-state index in [2.05, 4.69) is 27.8 Å². The van der Waals surface area contributed by atoms with Gasteiger partial charge in [0.1, 0.15) is 5.82 Å². The Bertz CT molecular complexity index is 365. The van der Waals surface area contributed by atoms with Crippen LogP contribution >= 0.6 is 27.5 Å². The van der Waals surface area contributed by atoms with Crippen molar-refractivity contribution >= 4 is 33.2 Å². The second-order valence-electron chi connectivity index (χ2n) is 2.95. The summed E-state index contributed by atoms with van der Waals surface area (Å²) >= 11 is 8.70. The molecule has 0 fully saturated rings. The first-order valence-corrected chi connectivity index (χ1v) is 5.20. The molecule has 0 radical (unpaired) electrons. The molecule has 0 saturated heterocycles. The van der Waals surface area contributed by atoms with Crippen molar-refractivity contribution in [3.63, 3.8) is 0 Å². The first kappa shape index (κ1) is 11.5. The minimum atomic E-state index is -0.293. The van der Waals surface area contributed by atoms with E-state index in [-0.39, 0.29) is 5.82 Å². The Morgan fingerprint density at radius 2 is 2.29 bits per heavy atom. The SMILES string of the molecule is C=C(Cl)CNc1cc(F)c(Br)cc1C. The van der Waals surface area contributed by atoms with Crippen LogP contribution in [0.3, 0.4) is 0 Å². The van der Waals surface area contributed by atoms with Crippen LogP contribution in [0.4, 0.5) is 10.1 Å². The Morgan fingerprint density at radius 3 is 2.86 bits per heavy atom. The van der Waals surface area contributed by atoms with E-state index in [1.54, 1.807) is 6.07 Å². The van der Waals surface area contributed by atoms with Crippen LogP contribution in [-0.4, -0.2) is 6.54 Å². The van der Waals surface area contributed by atoms with E-state index >= 15 is 0 Å². The summed E-state index contributed by atoms with van der Waals surface area (Å²) in [5.74, 6) is -0.293. The summed E-state index contributed by atoms with van der Waals surface area (Å²) in [6.07, 6.45) is 0. The molecule has 0 heterocycles. The van der Waals surface area contributed by atoms with Crippen molar-refractivity contribution in [2.45, 2.75) is 6.92 Å². The van der Waals surface area contributed by atoms with Crippen LogP contribution in [0.1, 0.15) is 5.56 Å². The van der Waals surface area contributed by atoms with E-state index in [1.165, 1.54) is 6.07 Å². The minimum absolute atomic E-state index is 0.293. The largest absolute Gasteiger partial charge is 0.380 e. The number of anilines is 1. The summed E-state index contributed by atoms with van der Waals surface area (Å²) in [5.41, 5.74) is 1.68. The van der Waals surface area contributed by atoms with Crippen LogP contribution in [0, 0.1) is 12.7 Å². The van der Waals surface area contributed by atoms with Crippen molar-refractivity contribution in [1.29, 1.82) is 0 Å². The first-order chi connectivity index (χ1) is 6.50. The second-order valence-corrected chi connectivity index (χ2v) is 4.34. The molecule has 1 aromatic carbocycles. The first-order valence-electron chi connectivity index (χ1n) is 4.03. The van der Waals surface area contributed by atoms with Crippen LogP contribution in [0.2, 0.25) is 0 Å². The average Bonchev–Trinajstić information content (AvgIpc) is 2.09. The molecule has 0 atom stereocenters. The van der Waals surface area contributed by atoms with Gasteiger partial charge in [-0.2, -0.15) is 0 Å². The molecule has 1 rings (SSSR count). The lowest BCUT2D eigenvalue weighted by molar-refractivity contribution is 0.621. The molecule has 4 heteroatoms. The molecule has 0 saturated carbocycles. The van der Waals surface area contributed by atoms with Crippen molar-refractivity contribution in [2.75, 3.05) is 11.9 Å². The van der Waals surface area contributed by atoms with E-state index in [9.17, 15) is 4.39 Å². The summed E-state index contributed by atoms with van der Waals surface area (Å²) in [6, 6.07) is 3.15. The van der Waals surface area contributed by atoms with Crippen LogP contribution in [-0.2, 0) is 0 Å². The molecule has 0 aromatic heterocycles. The summed E-state index contributed by atoms with van der Waals surface area (Å²) in [5, 5.41) is 3.48. The molecule has 14 heavy (non-hydrogen) atoms. The summed E-state index contributed by atoms with van der Waals surface area (Å²) in [4.78, 5) is 0. The van der Waals surface area contributed by atoms with Gasteiger partial charge >= 0.3 is 0 Å². The Kier molecular flexibility index (Phi) is 3.96. The number of benzene rings is 1. The zero-order chi connectivity index (χ0) is 10.7. The summed E-state index contributed by atoms with van der Waals surface area (Å²) < 4.78 is 13.6. The number of nitrogens with one attached hydrogen (secondary N) is 1. The quantitative estimate of drug-likeness (QED) is 0.879. The Morgan fingerprint density at radius 1 is 1.64 bits per heavy atom. The molecule has 0 amide bonds. The fourth-order valence-electron chi connectivity index (χ4n) is 1.03. The lowest BCUT2D eigenvalue weighted by Gasteiger charge is -2.09. The van der Waals surface area contributed by atoms with E-state index in [0.717, 1.165) is 11.3 Å². The molecular formula is C10H10BrClFN. The zero-order valence-electron chi connectivity index (χ0n) is 7.70. The maximum atomic E-state index is 13.1. The molecule has 76 valence electrons. The minimum Gasteiger partial charge on any atom is -0.380 e. The highest BCUT2D eigenvalue weighted by atomic mass is 79.9. The normalized spacial score (nSPS) is 10.0. The number of hydrogen-bond donors (Lipinski definition) is 1. The topological polar surface area (TPSA) is 12.0 Å². The summed E-state index contributed by atoms with van der Waals surface area (Å²) in [7, 11) is 0. The molecule has 1 N–H and O–H groups in total. The highest BCUT2D eigenvalue weighted by Crippen LogP contribution is 2.24. The molecule has 0 spiro atoms. The number of halogens is 3. The monoisotopic (exact) mass is 277 g/mol. The third kappa shape index (κ3) is 3.00. The fraction of sp³-hybridized carbons (Fsp3) is 0.200. The van der Waals surface area contributed by atoms with Gasteiger partial charge in [0.25, 0.3) is 0 Å². The van der Waals surface area contributed by atoms with Gasteiger partial charge in [0.2, 0.25) is 0 Å². The zero-order valence-corrected chi connectivity index (χ0v) is 10.0. The van der Waals surface area contributed by atoms with Crippen molar-refractivity contribution < 1.29 is 4.39 Å². The van der Waals surface area contributed by atoms with Gasteiger partial charge in [0.15, 0.2) is 0 Å². The third-order valence-corrected chi connectivity index (χ3v) is 2.48. The molecule has 0 aliphatic rings. The van der Waals surface area contributed by atoms with Crippen LogP contribution in [0.5, 0.6) is 0 Å².